The minimum Gasteiger partial charge on any atom is -0.376 e. The zero-order valence-corrected chi connectivity index (χ0v) is 18.8. The molecule has 1 aliphatic heterocycles. The zero-order valence-electron chi connectivity index (χ0n) is 18.0. The number of aromatic nitrogens is 1. The number of sulfonamides is 1. The number of nitrogens with one attached hydrogen (secondary N) is 1. The van der Waals surface area contributed by atoms with Crippen LogP contribution in [-0.2, 0) is 21.2 Å². The summed E-state index contributed by atoms with van der Waals surface area (Å²) >= 11 is 0. The third kappa shape index (κ3) is 5.92. The Hall–Kier alpha value is -1.18. The molecule has 1 aliphatic carbocycles. The van der Waals surface area contributed by atoms with Gasteiger partial charge in [-0.05, 0) is 57.4 Å². The summed E-state index contributed by atoms with van der Waals surface area (Å²) in [5, 5.41) is 0. The van der Waals surface area contributed by atoms with Crippen molar-refractivity contribution in [3.05, 3.63) is 33.7 Å². The summed E-state index contributed by atoms with van der Waals surface area (Å²) in [6.45, 7) is 4.41. The van der Waals surface area contributed by atoms with E-state index in [1.54, 1.807) is 11.5 Å². The highest BCUT2D eigenvalue weighted by atomic mass is 32.2. The lowest BCUT2D eigenvalue weighted by atomic mass is 9.84. The molecule has 0 saturated heterocycles. The van der Waals surface area contributed by atoms with Gasteiger partial charge in [0.1, 0.15) is 0 Å². The largest absolute Gasteiger partial charge is 0.376 e. The Labute approximate surface area is 175 Å². The first-order chi connectivity index (χ1) is 13.8. The van der Waals surface area contributed by atoms with Crippen molar-refractivity contribution in [2.24, 2.45) is 5.92 Å². The smallest absolute Gasteiger partial charge is 0.254 e. The van der Waals surface area contributed by atoms with Crippen LogP contribution in [-0.4, -0.2) is 38.0 Å². The number of ether oxygens (including phenoxy) is 1. The topological polar surface area (TPSA) is 77.4 Å². The minimum atomic E-state index is -3.36. The lowest BCUT2D eigenvalue weighted by Gasteiger charge is -2.37. The molecule has 0 spiro atoms. The molecule has 0 bridgehead atoms. The van der Waals surface area contributed by atoms with Crippen molar-refractivity contribution in [1.29, 1.82) is 0 Å². The van der Waals surface area contributed by atoms with E-state index in [0.717, 1.165) is 24.5 Å². The van der Waals surface area contributed by atoms with Gasteiger partial charge in [0.25, 0.3) is 5.56 Å². The Bertz CT molecular complexity index is 841. The van der Waals surface area contributed by atoms with Crippen LogP contribution in [0.2, 0.25) is 0 Å². The first-order valence-corrected chi connectivity index (χ1v) is 13.0. The molecule has 164 valence electrons. The minimum absolute atomic E-state index is 0.0422. The fourth-order valence-corrected chi connectivity index (χ4v) is 5.68. The molecule has 0 aromatic carbocycles. The van der Waals surface area contributed by atoms with Crippen molar-refractivity contribution in [2.45, 2.75) is 89.8 Å². The highest BCUT2D eigenvalue weighted by Gasteiger charge is 2.33. The summed E-state index contributed by atoms with van der Waals surface area (Å²) in [6, 6.07) is 3.21. The van der Waals surface area contributed by atoms with Crippen molar-refractivity contribution < 1.29 is 13.2 Å². The molecule has 3 rings (SSSR count). The van der Waals surface area contributed by atoms with Gasteiger partial charge in [0.15, 0.2) is 0 Å². The monoisotopic (exact) mass is 424 g/mol. The number of nitrogens with zero attached hydrogens (tertiary/aromatic N) is 1. The van der Waals surface area contributed by atoms with E-state index >= 15 is 0 Å². The van der Waals surface area contributed by atoms with Crippen molar-refractivity contribution >= 4 is 10.0 Å². The van der Waals surface area contributed by atoms with E-state index in [1.807, 2.05) is 12.1 Å². The van der Waals surface area contributed by atoms with Crippen LogP contribution in [0, 0.1) is 12.8 Å². The van der Waals surface area contributed by atoms with Crippen molar-refractivity contribution in [2.75, 3.05) is 12.9 Å². The number of aryl methyl sites for hydroxylation is 2. The van der Waals surface area contributed by atoms with Gasteiger partial charge < -0.3 is 9.30 Å². The molecule has 2 aliphatic rings. The summed E-state index contributed by atoms with van der Waals surface area (Å²) in [4.78, 5) is 12.9. The molecule has 2 unspecified atom stereocenters. The van der Waals surface area contributed by atoms with Crippen LogP contribution in [0.4, 0.5) is 0 Å². The zero-order chi connectivity index (χ0) is 21.0. The molecule has 6 nitrogen and oxygen atoms in total. The molecule has 1 saturated carbocycles. The van der Waals surface area contributed by atoms with E-state index in [9.17, 15) is 13.2 Å². The molecule has 7 heteroatoms. The second-order valence-electron chi connectivity index (χ2n) is 8.90. The Morgan fingerprint density at radius 2 is 1.90 bits per heavy atom. The predicted octanol–water partition coefficient (Wildman–Crippen LogP) is 3.33. The van der Waals surface area contributed by atoms with Crippen LogP contribution in [0.25, 0.3) is 0 Å². The molecule has 2 heterocycles. The molecular formula is C22H36N2O4S. The van der Waals surface area contributed by atoms with E-state index in [4.69, 9.17) is 4.74 Å². The summed E-state index contributed by atoms with van der Waals surface area (Å²) < 4.78 is 34.6. The Morgan fingerprint density at radius 3 is 2.55 bits per heavy atom. The van der Waals surface area contributed by atoms with Crippen LogP contribution in [0.3, 0.4) is 0 Å². The number of hydrogen-bond donors (Lipinski definition) is 1. The van der Waals surface area contributed by atoms with Crippen LogP contribution >= 0.6 is 0 Å². The van der Waals surface area contributed by atoms with Gasteiger partial charge >= 0.3 is 0 Å². The Balaban J connectivity index is 1.71. The number of pyridine rings is 1. The van der Waals surface area contributed by atoms with Gasteiger partial charge in [0.2, 0.25) is 10.0 Å². The van der Waals surface area contributed by atoms with Crippen LogP contribution < -0.4 is 10.3 Å². The lowest BCUT2D eigenvalue weighted by molar-refractivity contribution is -0.00743. The van der Waals surface area contributed by atoms with Gasteiger partial charge in [-0.25, -0.2) is 13.1 Å². The van der Waals surface area contributed by atoms with Crippen molar-refractivity contribution in [3.8, 4) is 0 Å². The first kappa shape index (κ1) is 22.5. The summed E-state index contributed by atoms with van der Waals surface area (Å²) in [7, 11) is -3.36. The number of rotatable bonds is 8. The average molecular weight is 425 g/mol. The van der Waals surface area contributed by atoms with E-state index in [0.29, 0.717) is 25.0 Å². The first-order valence-electron chi connectivity index (χ1n) is 11.1. The van der Waals surface area contributed by atoms with Gasteiger partial charge in [-0.15, -0.1) is 0 Å². The second kappa shape index (κ2) is 9.75. The maximum atomic E-state index is 12.9. The maximum Gasteiger partial charge on any atom is 0.254 e. The van der Waals surface area contributed by atoms with Crippen molar-refractivity contribution in [3.63, 3.8) is 0 Å². The molecular weight excluding hydrogens is 388 g/mol. The van der Waals surface area contributed by atoms with Gasteiger partial charge in [0.05, 0.1) is 25.0 Å². The third-order valence-electron chi connectivity index (χ3n) is 6.53. The standard InChI is InChI=1S/C22H36N2O4S/c1-4-5-6-17-8-12-19(13-9-17)28-15-21-20(23-29(3,26)27)14-11-18-10-7-16(2)22(25)24(18)21/h7,10,17,19-21,23H,4-6,8-9,11-15H2,1-3H3. The predicted molar refractivity (Wildman–Crippen MR) is 116 cm³/mol. The summed E-state index contributed by atoms with van der Waals surface area (Å²) in [5.74, 6) is 0.815. The molecule has 1 fully saturated rings. The van der Waals surface area contributed by atoms with Crippen molar-refractivity contribution in [1.82, 2.24) is 9.29 Å². The molecule has 2 atom stereocenters. The highest BCUT2D eigenvalue weighted by molar-refractivity contribution is 7.88. The van der Waals surface area contributed by atoms with Gasteiger partial charge in [-0.3, -0.25) is 4.79 Å². The molecule has 29 heavy (non-hydrogen) atoms. The lowest BCUT2D eigenvalue weighted by Crippen LogP contribution is -2.49. The fourth-order valence-electron chi connectivity index (χ4n) is 4.85. The second-order valence-corrected chi connectivity index (χ2v) is 10.7. The third-order valence-corrected chi connectivity index (χ3v) is 7.26. The average Bonchev–Trinajstić information content (AvgIpc) is 2.68. The van der Waals surface area contributed by atoms with E-state index < -0.39 is 10.0 Å². The number of fused-ring (bicyclic) bond motifs is 1. The SMILES string of the molecule is CCCCC1CCC(OCC2C(NS(C)(=O)=O)CCc3ccc(C)c(=O)n32)CC1. The molecule has 1 N–H and O–H groups in total. The maximum absolute atomic E-state index is 12.9. The quantitative estimate of drug-likeness (QED) is 0.694. The highest BCUT2D eigenvalue weighted by Crippen LogP contribution is 2.31. The van der Waals surface area contributed by atoms with Crippen LogP contribution in [0.15, 0.2) is 16.9 Å². The van der Waals surface area contributed by atoms with E-state index in [1.165, 1.54) is 38.4 Å². The summed E-state index contributed by atoms with van der Waals surface area (Å²) in [5.41, 5.74) is 1.60. The molecule has 0 radical (unpaired) electrons. The molecule has 0 amide bonds. The van der Waals surface area contributed by atoms with Gasteiger partial charge in [-0.2, -0.15) is 0 Å². The molecule has 1 aromatic rings. The fraction of sp³-hybridized carbons (Fsp3) is 0.773. The van der Waals surface area contributed by atoms with Crippen LogP contribution in [0.5, 0.6) is 0 Å². The van der Waals surface area contributed by atoms with E-state index in [-0.39, 0.29) is 23.7 Å². The number of unbranched alkanes of at least 4 members (excludes halogenated alkanes) is 1. The number of hydrogen-bond acceptors (Lipinski definition) is 4. The molecule has 1 aromatic heterocycles. The van der Waals surface area contributed by atoms with Crippen LogP contribution in [0.1, 0.15) is 75.6 Å². The van der Waals surface area contributed by atoms with Gasteiger partial charge in [-0.1, -0.05) is 32.3 Å². The summed E-state index contributed by atoms with van der Waals surface area (Å²) in [6.07, 6.45) is 11.1. The Morgan fingerprint density at radius 1 is 1.17 bits per heavy atom. The van der Waals surface area contributed by atoms with Gasteiger partial charge in [0, 0.05) is 17.3 Å². The van der Waals surface area contributed by atoms with E-state index in [2.05, 4.69) is 11.6 Å². The Kier molecular flexibility index (Phi) is 7.57. The normalized spacial score (nSPS) is 27.6.